The first-order valence-electron chi connectivity index (χ1n) is 6.15. The quantitative estimate of drug-likeness (QED) is 0.913. The number of furan rings is 1. The third-order valence-corrected chi connectivity index (χ3v) is 5.01. The molecular formula is C14H16O4S. The summed E-state index contributed by atoms with van der Waals surface area (Å²) in [5.74, 6) is -1.00. The van der Waals surface area contributed by atoms with Crippen LogP contribution in [-0.2, 0) is 16.6 Å². The molecule has 0 aliphatic rings. The zero-order chi connectivity index (χ0) is 14.0. The number of para-hydroxylation sites is 1. The van der Waals surface area contributed by atoms with E-state index in [0.717, 1.165) is 11.8 Å². The van der Waals surface area contributed by atoms with Gasteiger partial charge in [-0.15, -0.1) is 0 Å². The number of carboxylic acid groups (broad SMARTS) is 1. The third-order valence-electron chi connectivity index (χ3n) is 3.20. The molecule has 0 bridgehead atoms. The predicted octanol–water partition coefficient (Wildman–Crippen LogP) is 3.18. The lowest BCUT2D eigenvalue weighted by atomic mass is 10.1. The maximum atomic E-state index is 12.1. The van der Waals surface area contributed by atoms with E-state index < -0.39 is 16.8 Å². The van der Waals surface area contributed by atoms with Gasteiger partial charge < -0.3 is 9.52 Å². The van der Waals surface area contributed by atoms with E-state index >= 15 is 0 Å². The Hall–Kier alpha value is -1.62. The second kappa shape index (κ2) is 5.57. The Labute approximate surface area is 113 Å². The van der Waals surface area contributed by atoms with Crippen LogP contribution >= 0.6 is 0 Å². The Kier molecular flexibility index (Phi) is 4.04. The maximum Gasteiger partial charge on any atom is 0.372 e. The Morgan fingerprint density at radius 1 is 1.42 bits per heavy atom. The number of hydrogen-bond acceptors (Lipinski definition) is 3. The third kappa shape index (κ3) is 2.71. The molecule has 4 nitrogen and oxygen atoms in total. The van der Waals surface area contributed by atoms with Crippen LogP contribution in [0, 0.1) is 0 Å². The van der Waals surface area contributed by atoms with E-state index in [2.05, 4.69) is 0 Å². The predicted molar refractivity (Wildman–Crippen MR) is 74.8 cm³/mol. The van der Waals surface area contributed by atoms with Crippen LogP contribution in [0.5, 0.6) is 0 Å². The monoisotopic (exact) mass is 280 g/mol. The second-order valence-corrected chi connectivity index (χ2v) is 6.31. The summed E-state index contributed by atoms with van der Waals surface area (Å²) in [6, 6.07) is 7.12. The molecule has 2 aromatic rings. The summed E-state index contributed by atoms with van der Waals surface area (Å²) < 4.78 is 17.5. The molecule has 0 fully saturated rings. The van der Waals surface area contributed by atoms with Crippen molar-refractivity contribution in [3.63, 3.8) is 0 Å². The minimum Gasteiger partial charge on any atom is -0.475 e. The average molecular weight is 280 g/mol. The van der Waals surface area contributed by atoms with Crippen molar-refractivity contribution in [1.29, 1.82) is 0 Å². The number of carboxylic acids is 1. The zero-order valence-corrected chi connectivity index (χ0v) is 11.7. The number of fused-ring (bicyclic) bond motifs is 1. The molecule has 102 valence electrons. The molecular weight excluding hydrogens is 264 g/mol. The average Bonchev–Trinajstić information content (AvgIpc) is 2.77. The van der Waals surface area contributed by atoms with Crippen molar-refractivity contribution in [3.8, 4) is 0 Å². The molecule has 0 aliphatic heterocycles. The van der Waals surface area contributed by atoms with Gasteiger partial charge in [-0.3, -0.25) is 4.21 Å². The smallest absolute Gasteiger partial charge is 0.372 e. The number of carbonyl (C=O) groups is 1. The molecule has 2 unspecified atom stereocenters. The molecule has 1 aromatic carbocycles. The number of rotatable bonds is 5. The van der Waals surface area contributed by atoms with E-state index in [9.17, 15) is 14.1 Å². The molecule has 0 saturated carbocycles. The summed E-state index contributed by atoms with van der Waals surface area (Å²) in [6.07, 6.45) is 0.796. The van der Waals surface area contributed by atoms with Crippen LogP contribution in [-0.4, -0.2) is 20.5 Å². The van der Waals surface area contributed by atoms with Gasteiger partial charge in [-0.1, -0.05) is 32.0 Å². The highest BCUT2D eigenvalue weighted by atomic mass is 32.2. The van der Waals surface area contributed by atoms with Crippen molar-refractivity contribution in [2.75, 3.05) is 0 Å². The molecule has 5 heteroatoms. The number of hydrogen-bond donors (Lipinski definition) is 1. The van der Waals surface area contributed by atoms with Crippen molar-refractivity contribution in [2.45, 2.75) is 31.3 Å². The molecule has 19 heavy (non-hydrogen) atoms. The largest absolute Gasteiger partial charge is 0.475 e. The Morgan fingerprint density at radius 2 is 2.11 bits per heavy atom. The summed E-state index contributed by atoms with van der Waals surface area (Å²) >= 11 is 0. The highest BCUT2D eigenvalue weighted by molar-refractivity contribution is 7.84. The van der Waals surface area contributed by atoms with Crippen molar-refractivity contribution in [2.24, 2.45) is 0 Å². The van der Waals surface area contributed by atoms with Crippen LogP contribution in [0.25, 0.3) is 11.0 Å². The number of benzene rings is 1. The van der Waals surface area contributed by atoms with Gasteiger partial charge in [-0.2, -0.15) is 0 Å². The Balaban J connectivity index is 2.48. The van der Waals surface area contributed by atoms with E-state index in [4.69, 9.17) is 4.42 Å². The normalized spacial score (nSPS) is 14.4. The van der Waals surface area contributed by atoms with Crippen LogP contribution in [0.4, 0.5) is 0 Å². The summed E-state index contributed by atoms with van der Waals surface area (Å²) in [6.45, 7) is 3.87. The van der Waals surface area contributed by atoms with Gasteiger partial charge in [0.05, 0.1) is 5.75 Å². The van der Waals surface area contributed by atoms with Crippen LogP contribution < -0.4 is 0 Å². The van der Waals surface area contributed by atoms with Gasteiger partial charge in [0, 0.05) is 27.0 Å². The van der Waals surface area contributed by atoms with E-state index in [-0.39, 0.29) is 16.8 Å². The van der Waals surface area contributed by atoms with Crippen molar-refractivity contribution in [3.05, 3.63) is 35.6 Å². The second-order valence-electron chi connectivity index (χ2n) is 4.45. The first-order chi connectivity index (χ1) is 9.04. The summed E-state index contributed by atoms with van der Waals surface area (Å²) in [4.78, 5) is 11.2. The fourth-order valence-corrected chi connectivity index (χ4v) is 3.11. The maximum absolute atomic E-state index is 12.1. The van der Waals surface area contributed by atoms with Crippen LogP contribution in [0.2, 0.25) is 0 Å². The molecule has 1 heterocycles. The summed E-state index contributed by atoms with van der Waals surface area (Å²) in [5, 5.41) is 9.95. The first-order valence-corrected chi connectivity index (χ1v) is 7.53. The lowest BCUT2D eigenvalue weighted by molar-refractivity contribution is 0.0664. The van der Waals surface area contributed by atoms with Gasteiger partial charge in [0.1, 0.15) is 5.58 Å². The lowest BCUT2D eigenvalue weighted by Gasteiger charge is -2.08. The van der Waals surface area contributed by atoms with E-state index in [1.54, 1.807) is 18.2 Å². The summed E-state index contributed by atoms with van der Waals surface area (Å²) in [7, 11) is -1.10. The minimum atomic E-state index is -1.12. The van der Waals surface area contributed by atoms with Gasteiger partial charge in [0.25, 0.3) is 0 Å². The van der Waals surface area contributed by atoms with Crippen LogP contribution in [0.3, 0.4) is 0 Å². The standard InChI is InChI=1S/C14H16O4S/c1-3-9(2)19(17)8-11-10-6-4-5-7-12(10)18-13(11)14(15)16/h4-7,9H,3,8H2,1-2H3,(H,15,16). The fraction of sp³-hybridized carbons (Fsp3) is 0.357. The van der Waals surface area contributed by atoms with Crippen LogP contribution in [0.15, 0.2) is 28.7 Å². The molecule has 2 rings (SSSR count). The van der Waals surface area contributed by atoms with E-state index in [1.165, 1.54) is 0 Å². The molecule has 0 amide bonds. The Morgan fingerprint density at radius 3 is 2.74 bits per heavy atom. The first kappa shape index (κ1) is 13.8. The van der Waals surface area contributed by atoms with Gasteiger partial charge in [-0.25, -0.2) is 4.79 Å². The van der Waals surface area contributed by atoms with E-state index in [1.807, 2.05) is 19.9 Å². The Bertz CT molecular complexity index is 629. The van der Waals surface area contributed by atoms with E-state index in [0.29, 0.717) is 11.1 Å². The fourth-order valence-electron chi connectivity index (χ4n) is 1.89. The lowest BCUT2D eigenvalue weighted by Crippen LogP contribution is -2.12. The SMILES string of the molecule is CCC(C)S(=O)Cc1c(C(=O)O)oc2ccccc12. The molecule has 0 saturated heterocycles. The number of aromatic carboxylic acids is 1. The molecule has 0 aliphatic carbocycles. The highest BCUT2D eigenvalue weighted by Crippen LogP contribution is 2.27. The molecule has 0 radical (unpaired) electrons. The highest BCUT2D eigenvalue weighted by Gasteiger charge is 2.22. The molecule has 1 N–H and O–H groups in total. The molecule has 0 spiro atoms. The van der Waals surface area contributed by atoms with Crippen molar-refractivity contribution >= 4 is 27.7 Å². The van der Waals surface area contributed by atoms with Gasteiger partial charge >= 0.3 is 5.97 Å². The topological polar surface area (TPSA) is 67.5 Å². The van der Waals surface area contributed by atoms with Crippen LogP contribution in [0.1, 0.15) is 36.4 Å². The zero-order valence-electron chi connectivity index (χ0n) is 10.9. The minimum absolute atomic E-state index is 0.0373. The van der Waals surface area contributed by atoms with Gasteiger partial charge in [0.2, 0.25) is 5.76 Å². The van der Waals surface area contributed by atoms with Crippen molar-refractivity contribution in [1.82, 2.24) is 0 Å². The van der Waals surface area contributed by atoms with Gasteiger partial charge in [-0.05, 0) is 12.5 Å². The summed E-state index contributed by atoms with van der Waals surface area (Å²) in [5.41, 5.74) is 1.05. The van der Waals surface area contributed by atoms with Gasteiger partial charge in [0.15, 0.2) is 0 Å². The molecule has 1 aromatic heterocycles. The molecule has 2 atom stereocenters. The van der Waals surface area contributed by atoms with Crippen molar-refractivity contribution < 1.29 is 18.5 Å².